The number of carboxylic acid groups (broad SMARTS) is 1. The summed E-state index contributed by atoms with van der Waals surface area (Å²) in [6.07, 6.45) is 7.61. The number of hydrogen-bond acceptors (Lipinski definition) is 13. The van der Waals surface area contributed by atoms with Crippen LogP contribution >= 0.6 is 0 Å². The van der Waals surface area contributed by atoms with Crippen molar-refractivity contribution in [2.24, 2.45) is 0 Å². The van der Waals surface area contributed by atoms with E-state index in [1.54, 1.807) is 13.2 Å². The standard InChI is InChI=1S/C45H64N2O15S3/c1-44(2,3)42-31-34(37-16-14-35(32-40(37)62-42)46(19-9-30-64(52,53)54)21-22-59-25-26-61-28-27-60-24-23-58-5)11-7-12-41-45(4,18-8-13-43(48)49)38-33-36(65(55,56)57)15-17-39(38)47(41)20-10-29-63(6,50)51/h7,11-12,14-17,31-33H,8-10,13,18-30H2,1-6H3,(H2-,48,49,52,53,54,55,56,57)/p+1. The monoisotopic (exact) mass is 969 g/mol. The number of rotatable bonds is 27. The number of hydrogen-bond donors (Lipinski definition) is 3. The highest BCUT2D eigenvalue weighted by molar-refractivity contribution is 7.90. The molecule has 0 aromatic heterocycles. The van der Waals surface area contributed by atoms with Gasteiger partial charge in [-0.25, -0.2) is 13.0 Å². The van der Waals surface area contributed by atoms with Crippen LogP contribution in [-0.2, 0) is 64.6 Å². The normalized spacial score (nSPS) is 17.1. The summed E-state index contributed by atoms with van der Waals surface area (Å²) in [5, 5.41) is 10.3. The average Bonchev–Trinajstić information content (AvgIpc) is 3.42. The molecule has 1 aliphatic carbocycles. The molecule has 20 heteroatoms. The summed E-state index contributed by atoms with van der Waals surface area (Å²) in [5.41, 5.74) is 2.07. The van der Waals surface area contributed by atoms with Gasteiger partial charge >= 0.3 is 5.97 Å². The van der Waals surface area contributed by atoms with E-state index >= 15 is 0 Å². The molecule has 1 aromatic carbocycles. The van der Waals surface area contributed by atoms with Crippen LogP contribution in [0.15, 0.2) is 69.6 Å². The van der Waals surface area contributed by atoms with E-state index in [-0.39, 0.29) is 42.9 Å². The average molecular weight is 970 g/mol. The molecular weight excluding hydrogens is 905 g/mol. The van der Waals surface area contributed by atoms with Crippen LogP contribution < -0.4 is 14.8 Å². The first-order valence-electron chi connectivity index (χ1n) is 21.4. The van der Waals surface area contributed by atoms with Crippen LogP contribution in [0.25, 0.3) is 17.4 Å². The van der Waals surface area contributed by atoms with E-state index in [2.05, 4.69) is 0 Å². The molecular formula is C45H65N2O15S3+. The third kappa shape index (κ3) is 16.7. The second-order valence-corrected chi connectivity index (χ2v) is 22.5. The fourth-order valence-corrected chi connectivity index (χ4v) is 9.24. The summed E-state index contributed by atoms with van der Waals surface area (Å²) in [6.45, 7) is 11.7. The third-order valence-electron chi connectivity index (χ3n) is 10.9. The molecule has 4 rings (SSSR count). The molecule has 2 aliphatic heterocycles. The van der Waals surface area contributed by atoms with Crippen molar-refractivity contribution in [3.05, 3.63) is 82.6 Å². The van der Waals surface area contributed by atoms with Gasteiger partial charge in [-0.15, -0.1) is 0 Å². The Morgan fingerprint density at radius 2 is 1.51 bits per heavy atom. The lowest BCUT2D eigenvalue weighted by Gasteiger charge is -2.30. The van der Waals surface area contributed by atoms with Gasteiger partial charge in [0.05, 0.1) is 62.1 Å². The largest absolute Gasteiger partial charge is 0.481 e. The number of carboxylic acids is 1. The smallest absolute Gasteiger partial charge is 0.303 e. The number of allylic oxidation sites excluding steroid dienone is 3. The van der Waals surface area contributed by atoms with Crippen molar-refractivity contribution in [1.29, 1.82) is 0 Å². The second kappa shape index (κ2) is 23.6. The van der Waals surface area contributed by atoms with Gasteiger partial charge in [0.2, 0.25) is 5.36 Å². The van der Waals surface area contributed by atoms with Crippen LogP contribution in [-0.4, -0.2) is 136 Å². The lowest BCUT2D eigenvalue weighted by Crippen LogP contribution is -2.35. The summed E-state index contributed by atoms with van der Waals surface area (Å²) >= 11 is 0. The molecule has 0 radical (unpaired) electrons. The molecule has 2 heterocycles. The zero-order chi connectivity index (χ0) is 48.1. The fraction of sp³-hybridized carbons (Fsp3) is 0.556. The van der Waals surface area contributed by atoms with E-state index < -0.39 is 52.6 Å². The molecule has 1 unspecified atom stereocenters. The number of aliphatic carboxylic acids is 1. The van der Waals surface area contributed by atoms with Crippen LogP contribution in [0.5, 0.6) is 0 Å². The first-order valence-corrected chi connectivity index (χ1v) is 26.6. The Morgan fingerprint density at radius 1 is 0.846 bits per heavy atom. The van der Waals surface area contributed by atoms with Gasteiger partial charge in [-0.3, -0.25) is 13.9 Å². The molecule has 362 valence electrons. The summed E-state index contributed by atoms with van der Waals surface area (Å²) in [4.78, 5) is 13.2. The van der Waals surface area contributed by atoms with E-state index in [0.717, 1.165) is 22.7 Å². The van der Waals surface area contributed by atoms with Gasteiger partial charge in [0.15, 0.2) is 6.54 Å². The van der Waals surface area contributed by atoms with Crippen LogP contribution in [0.2, 0.25) is 0 Å². The Morgan fingerprint density at radius 3 is 2.11 bits per heavy atom. The van der Waals surface area contributed by atoms with Crippen molar-refractivity contribution in [2.45, 2.75) is 75.5 Å². The Balaban J connectivity index is 1.76. The Labute approximate surface area is 383 Å². The predicted molar refractivity (Wildman–Crippen MR) is 248 cm³/mol. The third-order valence-corrected chi connectivity index (χ3v) is 13.6. The van der Waals surface area contributed by atoms with E-state index in [1.807, 2.05) is 79.7 Å². The molecule has 0 saturated heterocycles. The highest BCUT2D eigenvalue weighted by Gasteiger charge is 2.43. The number of sulfone groups is 1. The van der Waals surface area contributed by atoms with Crippen molar-refractivity contribution >= 4 is 47.8 Å². The molecule has 0 fully saturated rings. The first kappa shape index (κ1) is 53.6. The SMILES string of the molecule is COCCOCCOCCOCC[N+](CCCS(=O)(=O)O)=c1ccc2c(/C=C/C=C3\N(CCCS(C)(=O)=O)c4ccc(S(=O)(=O)O)cc4C3(C)CCCC(=O)O)cc(C(C)(C)C)oc-2c1. The number of methoxy groups -OCH3 is 1. The number of benzene rings is 2. The summed E-state index contributed by atoms with van der Waals surface area (Å²) in [6, 6.07) is 11.9. The topological polar surface area (TPSA) is 236 Å². The maximum absolute atomic E-state index is 12.3. The number of fused-ring (bicyclic) bond motifs is 2. The fourth-order valence-electron chi connectivity index (χ4n) is 7.59. The van der Waals surface area contributed by atoms with E-state index in [4.69, 9.17) is 23.4 Å². The van der Waals surface area contributed by atoms with E-state index in [0.29, 0.717) is 94.2 Å². The van der Waals surface area contributed by atoms with Crippen LogP contribution in [0.1, 0.15) is 76.7 Å². The molecule has 0 saturated carbocycles. The lowest BCUT2D eigenvalue weighted by atomic mass is 9.77. The van der Waals surface area contributed by atoms with Gasteiger partial charge in [-0.05, 0) is 73.7 Å². The van der Waals surface area contributed by atoms with Gasteiger partial charge in [-0.1, -0.05) is 32.9 Å². The number of nitrogens with zero attached hydrogens (tertiary/aromatic N) is 2. The van der Waals surface area contributed by atoms with Gasteiger partial charge in [0, 0.05) is 66.6 Å². The summed E-state index contributed by atoms with van der Waals surface area (Å²) < 4.78 is 122. The Kier molecular flexibility index (Phi) is 19.5. The molecule has 0 amide bonds. The van der Waals surface area contributed by atoms with Crippen LogP contribution in [0.3, 0.4) is 0 Å². The Bertz CT molecular complexity index is 2530. The molecule has 1 aromatic rings. The number of ether oxygens (including phenoxy) is 4. The van der Waals surface area contributed by atoms with Crippen molar-refractivity contribution in [3.63, 3.8) is 0 Å². The highest BCUT2D eigenvalue weighted by atomic mass is 32.2. The predicted octanol–water partition coefficient (Wildman–Crippen LogP) is 5.04. The van der Waals surface area contributed by atoms with Crippen LogP contribution in [0, 0.1) is 0 Å². The van der Waals surface area contributed by atoms with Gasteiger partial charge < -0.3 is 33.4 Å². The highest BCUT2D eigenvalue weighted by Crippen LogP contribution is 2.51. The molecule has 3 aliphatic rings. The zero-order valence-electron chi connectivity index (χ0n) is 38.2. The molecule has 0 spiro atoms. The first-order chi connectivity index (χ1) is 30.4. The van der Waals surface area contributed by atoms with Gasteiger partial charge in [-0.2, -0.15) is 16.8 Å². The Hall–Kier alpha value is -3.99. The van der Waals surface area contributed by atoms with Gasteiger partial charge in [0.25, 0.3) is 20.2 Å². The van der Waals surface area contributed by atoms with Crippen LogP contribution in [0.4, 0.5) is 5.69 Å². The molecule has 1 atom stereocenters. The number of anilines is 1. The van der Waals surface area contributed by atoms with E-state index in [1.165, 1.54) is 12.1 Å². The molecule has 0 bridgehead atoms. The maximum Gasteiger partial charge on any atom is 0.303 e. The second-order valence-electron chi connectivity index (χ2n) is 17.2. The van der Waals surface area contributed by atoms with Crippen molar-refractivity contribution < 1.29 is 67.6 Å². The minimum Gasteiger partial charge on any atom is -0.481 e. The van der Waals surface area contributed by atoms with Crippen molar-refractivity contribution in [2.75, 3.05) is 95.7 Å². The van der Waals surface area contributed by atoms with Gasteiger partial charge in [0.1, 0.15) is 34.5 Å². The molecule has 3 N–H and O–H groups in total. The maximum atomic E-state index is 12.3. The minimum absolute atomic E-state index is 0.0929. The molecule has 65 heavy (non-hydrogen) atoms. The lowest BCUT2D eigenvalue weighted by molar-refractivity contribution is -0.137. The van der Waals surface area contributed by atoms with Crippen molar-refractivity contribution in [3.8, 4) is 11.3 Å². The van der Waals surface area contributed by atoms with E-state index in [9.17, 15) is 44.3 Å². The zero-order valence-corrected chi connectivity index (χ0v) is 40.6. The van der Waals surface area contributed by atoms with Crippen molar-refractivity contribution in [1.82, 2.24) is 4.58 Å². The minimum atomic E-state index is -4.59. The molecule has 17 nitrogen and oxygen atoms in total. The quantitative estimate of drug-likeness (QED) is 0.0516. The summed E-state index contributed by atoms with van der Waals surface area (Å²) in [7, 11) is -10.5. The number of carbonyl (C=O) groups is 1. The summed E-state index contributed by atoms with van der Waals surface area (Å²) in [5.74, 6) is -0.269.